The first-order valence-corrected chi connectivity index (χ1v) is 9.11. The van der Waals surface area contributed by atoms with Gasteiger partial charge in [0, 0.05) is 19.6 Å². The number of benzene rings is 1. The normalized spacial score (nSPS) is 16.0. The zero-order valence-electron chi connectivity index (χ0n) is 15.4. The standard InChI is InChI=1S/C19H32N4O/c1-4-20-19(21-10-13-23-11-6-5-7-12-23)22-15-17-9-8-16(2)18(14-17)24-3/h8-9,14H,4-7,10-13,15H2,1-3H3,(H2,20,21,22). The van der Waals surface area contributed by atoms with Crippen molar-refractivity contribution in [2.45, 2.75) is 39.7 Å². The molecule has 0 atom stereocenters. The Hall–Kier alpha value is -1.75. The van der Waals surface area contributed by atoms with Crippen LogP contribution in [-0.4, -0.2) is 50.7 Å². The van der Waals surface area contributed by atoms with Crippen molar-refractivity contribution in [2.24, 2.45) is 4.99 Å². The maximum absolute atomic E-state index is 5.39. The number of hydrogen-bond acceptors (Lipinski definition) is 3. The molecule has 1 aliphatic heterocycles. The Labute approximate surface area is 146 Å². The molecular formula is C19H32N4O. The average Bonchev–Trinajstić information content (AvgIpc) is 2.61. The molecule has 134 valence electrons. The predicted molar refractivity (Wildman–Crippen MR) is 101 cm³/mol. The van der Waals surface area contributed by atoms with Crippen LogP contribution in [0.15, 0.2) is 23.2 Å². The number of rotatable bonds is 7. The summed E-state index contributed by atoms with van der Waals surface area (Å²) in [6.45, 7) is 10.2. The molecule has 5 nitrogen and oxygen atoms in total. The number of hydrogen-bond donors (Lipinski definition) is 2. The highest BCUT2D eigenvalue weighted by atomic mass is 16.5. The fourth-order valence-electron chi connectivity index (χ4n) is 2.99. The highest BCUT2D eigenvalue weighted by Crippen LogP contribution is 2.19. The van der Waals surface area contributed by atoms with Gasteiger partial charge < -0.3 is 20.3 Å². The van der Waals surface area contributed by atoms with E-state index in [1.807, 2.05) is 0 Å². The lowest BCUT2D eigenvalue weighted by atomic mass is 10.1. The number of aryl methyl sites for hydroxylation is 1. The molecule has 0 spiro atoms. The molecule has 24 heavy (non-hydrogen) atoms. The molecule has 1 aliphatic rings. The predicted octanol–water partition coefficient (Wildman–Crippen LogP) is 2.54. The van der Waals surface area contributed by atoms with Gasteiger partial charge in [-0.25, -0.2) is 4.99 Å². The van der Waals surface area contributed by atoms with E-state index in [2.05, 4.69) is 47.6 Å². The van der Waals surface area contributed by atoms with E-state index in [9.17, 15) is 0 Å². The van der Waals surface area contributed by atoms with Crippen LogP contribution in [0.25, 0.3) is 0 Å². The monoisotopic (exact) mass is 332 g/mol. The first-order valence-electron chi connectivity index (χ1n) is 9.11. The van der Waals surface area contributed by atoms with Crippen LogP contribution in [0.4, 0.5) is 0 Å². The van der Waals surface area contributed by atoms with Gasteiger partial charge in [-0.15, -0.1) is 0 Å². The molecule has 0 unspecified atom stereocenters. The summed E-state index contributed by atoms with van der Waals surface area (Å²) in [4.78, 5) is 7.22. The van der Waals surface area contributed by atoms with Crippen molar-refractivity contribution in [3.63, 3.8) is 0 Å². The van der Waals surface area contributed by atoms with Gasteiger partial charge in [-0.2, -0.15) is 0 Å². The number of guanidine groups is 1. The van der Waals surface area contributed by atoms with E-state index in [4.69, 9.17) is 9.73 Å². The van der Waals surface area contributed by atoms with Gasteiger partial charge in [0.2, 0.25) is 0 Å². The van der Waals surface area contributed by atoms with Gasteiger partial charge in [0.15, 0.2) is 5.96 Å². The summed E-state index contributed by atoms with van der Waals surface area (Å²) in [5, 5.41) is 6.76. The number of likely N-dealkylation sites (tertiary alicyclic amines) is 1. The second-order valence-corrected chi connectivity index (χ2v) is 6.33. The van der Waals surface area contributed by atoms with Gasteiger partial charge in [-0.1, -0.05) is 18.6 Å². The summed E-state index contributed by atoms with van der Waals surface area (Å²) in [6.07, 6.45) is 4.06. The Morgan fingerprint density at radius 1 is 1.21 bits per heavy atom. The molecule has 1 saturated heterocycles. The molecule has 0 bridgehead atoms. The smallest absolute Gasteiger partial charge is 0.191 e. The van der Waals surface area contributed by atoms with Crippen molar-refractivity contribution in [3.8, 4) is 5.75 Å². The second kappa shape index (κ2) is 10.2. The van der Waals surface area contributed by atoms with Crippen LogP contribution in [-0.2, 0) is 6.54 Å². The minimum absolute atomic E-state index is 0.648. The Kier molecular flexibility index (Phi) is 7.89. The Morgan fingerprint density at radius 3 is 2.71 bits per heavy atom. The summed E-state index contributed by atoms with van der Waals surface area (Å²) >= 11 is 0. The molecule has 0 aliphatic carbocycles. The summed E-state index contributed by atoms with van der Waals surface area (Å²) in [5.41, 5.74) is 2.31. The van der Waals surface area contributed by atoms with E-state index >= 15 is 0 Å². The summed E-state index contributed by atoms with van der Waals surface area (Å²) < 4.78 is 5.39. The molecule has 1 heterocycles. The van der Waals surface area contributed by atoms with Crippen molar-refractivity contribution < 1.29 is 4.74 Å². The van der Waals surface area contributed by atoms with Crippen molar-refractivity contribution in [1.82, 2.24) is 15.5 Å². The third-order valence-corrected chi connectivity index (χ3v) is 4.41. The van der Waals surface area contributed by atoms with Crippen LogP contribution in [0, 0.1) is 6.92 Å². The summed E-state index contributed by atoms with van der Waals surface area (Å²) in [7, 11) is 1.71. The van der Waals surface area contributed by atoms with E-state index < -0.39 is 0 Å². The molecule has 2 N–H and O–H groups in total. The number of methoxy groups -OCH3 is 1. The zero-order chi connectivity index (χ0) is 17.2. The molecule has 0 amide bonds. The van der Waals surface area contributed by atoms with Crippen molar-refractivity contribution in [3.05, 3.63) is 29.3 Å². The van der Waals surface area contributed by atoms with Gasteiger partial charge >= 0.3 is 0 Å². The lowest BCUT2D eigenvalue weighted by molar-refractivity contribution is 0.232. The van der Waals surface area contributed by atoms with Gasteiger partial charge in [0.1, 0.15) is 5.75 Å². The third-order valence-electron chi connectivity index (χ3n) is 4.41. The van der Waals surface area contributed by atoms with Gasteiger partial charge in [-0.05, 0) is 57.0 Å². The van der Waals surface area contributed by atoms with Crippen LogP contribution in [0.3, 0.4) is 0 Å². The fourth-order valence-corrected chi connectivity index (χ4v) is 2.99. The number of piperidine rings is 1. The average molecular weight is 332 g/mol. The van der Waals surface area contributed by atoms with Crippen LogP contribution in [0.5, 0.6) is 5.75 Å². The summed E-state index contributed by atoms with van der Waals surface area (Å²) in [5.74, 6) is 1.81. The maximum Gasteiger partial charge on any atom is 0.191 e. The van der Waals surface area contributed by atoms with E-state index in [1.54, 1.807) is 7.11 Å². The van der Waals surface area contributed by atoms with E-state index in [-0.39, 0.29) is 0 Å². The first kappa shape index (κ1) is 18.6. The Bertz CT molecular complexity index is 524. The molecule has 1 aromatic carbocycles. The highest BCUT2D eigenvalue weighted by Gasteiger charge is 2.09. The molecule has 1 aromatic rings. The number of nitrogens with zero attached hydrogens (tertiary/aromatic N) is 2. The minimum atomic E-state index is 0.648. The minimum Gasteiger partial charge on any atom is -0.496 e. The van der Waals surface area contributed by atoms with E-state index in [1.165, 1.54) is 32.4 Å². The molecule has 5 heteroatoms. The lowest BCUT2D eigenvalue weighted by Crippen LogP contribution is -2.42. The highest BCUT2D eigenvalue weighted by molar-refractivity contribution is 5.79. The van der Waals surface area contributed by atoms with Crippen LogP contribution < -0.4 is 15.4 Å². The largest absolute Gasteiger partial charge is 0.496 e. The van der Waals surface area contributed by atoms with Crippen LogP contribution in [0.2, 0.25) is 0 Å². The zero-order valence-corrected chi connectivity index (χ0v) is 15.4. The first-order chi connectivity index (χ1) is 11.7. The van der Waals surface area contributed by atoms with E-state index in [0.29, 0.717) is 6.54 Å². The SMILES string of the molecule is CCNC(=NCc1ccc(C)c(OC)c1)NCCN1CCCCC1. The number of nitrogens with one attached hydrogen (secondary N) is 2. The topological polar surface area (TPSA) is 48.9 Å². The maximum atomic E-state index is 5.39. The summed E-state index contributed by atoms with van der Waals surface area (Å²) in [6, 6.07) is 6.26. The quantitative estimate of drug-likeness (QED) is 0.595. The van der Waals surface area contributed by atoms with Crippen LogP contribution in [0.1, 0.15) is 37.3 Å². The van der Waals surface area contributed by atoms with Crippen molar-refractivity contribution in [2.75, 3.05) is 39.8 Å². The molecule has 0 radical (unpaired) electrons. The molecule has 0 saturated carbocycles. The number of aliphatic imine (C=N–C) groups is 1. The van der Waals surface area contributed by atoms with Crippen LogP contribution >= 0.6 is 0 Å². The molecule has 2 rings (SSSR count). The number of ether oxygens (including phenoxy) is 1. The molecular weight excluding hydrogens is 300 g/mol. The van der Waals surface area contributed by atoms with Gasteiger partial charge in [0.05, 0.1) is 13.7 Å². The van der Waals surface area contributed by atoms with Crippen molar-refractivity contribution in [1.29, 1.82) is 0 Å². The van der Waals surface area contributed by atoms with Gasteiger partial charge in [-0.3, -0.25) is 0 Å². The second-order valence-electron chi connectivity index (χ2n) is 6.33. The Morgan fingerprint density at radius 2 is 2.00 bits per heavy atom. The third kappa shape index (κ3) is 6.04. The Balaban J connectivity index is 1.85. The lowest BCUT2D eigenvalue weighted by Gasteiger charge is -2.26. The van der Waals surface area contributed by atoms with E-state index in [0.717, 1.165) is 42.5 Å². The van der Waals surface area contributed by atoms with Gasteiger partial charge in [0.25, 0.3) is 0 Å². The van der Waals surface area contributed by atoms with Crippen molar-refractivity contribution >= 4 is 5.96 Å². The molecule has 1 fully saturated rings. The fraction of sp³-hybridized carbons (Fsp3) is 0.632. The molecule has 0 aromatic heterocycles.